The minimum Gasteiger partial charge on any atom is -0.395 e. The van der Waals surface area contributed by atoms with Crippen molar-refractivity contribution < 1.29 is 27.4 Å². The molecule has 27 heavy (non-hydrogen) atoms. The number of nitrogens with two attached hydrogens (primary N) is 2. The number of thiophene rings is 1. The second-order valence-corrected chi connectivity index (χ2v) is 8.08. The second kappa shape index (κ2) is 8.75. The summed E-state index contributed by atoms with van der Waals surface area (Å²) in [5, 5.41) is 7.98. The van der Waals surface area contributed by atoms with Gasteiger partial charge in [0, 0.05) is 19.0 Å². The van der Waals surface area contributed by atoms with Gasteiger partial charge in [-0.3, -0.25) is 14.1 Å². The molecular weight excluding hydrogens is 398 g/mol. The molecule has 2 unspecified atom stereocenters. The molecule has 150 valence electrons. The van der Waals surface area contributed by atoms with E-state index in [9.17, 15) is 18.0 Å². The molecule has 1 aliphatic heterocycles. The third kappa shape index (κ3) is 5.01. The molecule has 6 N–H and O–H groups in total. The third-order valence-electron chi connectivity index (χ3n) is 3.88. The zero-order valence-corrected chi connectivity index (χ0v) is 16.1. The lowest BCUT2D eigenvalue weighted by Gasteiger charge is -2.42. The molecule has 11 nitrogen and oxygen atoms in total. The summed E-state index contributed by atoms with van der Waals surface area (Å²) in [6.07, 6.45) is 0.445. The highest BCUT2D eigenvalue weighted by molar-refractivity contribution is 7.84. The Hall–Kier alpha value is -2.06. The van der Waals surface area contributed by atoms with Crippen molar-refractivity contribution in [3.05, 3.63) is 22.4 Å². The van der Waals surface area contributed by atoms with Crippen LogP contribution in [0.5, 0.6) is 0 Å². The van der Waals surface area contributed by atoms with Gasteiger partial charge in [0.15, 0.2) is 5.71 Å². The van der Waals surface area contributed by atoms with Crippen molar-refractivity contribution in [3.63, 3.8) is 0 Å². The average molecular weight is 419 g/mol. The summed E-state index contributed by atoms with van der Waals surface area (Å²) >= 11 is 1.24. The summed E-state index contributed by atoms with van der Waals surface area (Å²) in [7, 11) is -4.67. The van der Waals surface area contributed by atoms with Gasteiger partial charge < -0.3 is 21.6 Å². The van der Waals surface area contributed by atoms with Crippen LogP contribution in [0, 0.1) is 0 Å². The molecule has 2 rings (SSSR count). The van der Waals surface area contributed by atoms with Crippen molar-refractivity contribution in [2.75, 3.05) is 13.2 Å². The van der Waals surface area contributed by atoms with Gasteiger partial charge >= 0.3 is 10.3 Å². The smallest absolute Gasteiger partial charge is 0.362 e. The number of carbonyl (C=O) groups is 2. The third-order valence-corrected chi connectivity index (χ3v) is 5.77. The summed E-state index contributed by atoms with van der Waals surface area (Å²) < 4.78 is 31.6. The highest BCUT2D eigenvalue weighted by Gasteiger charge is 2.51. The first-order valence-electron chi connectivity index (χ1n) is 7.97. The summed E-state index contributed by atoms with van der Waals surface area (Å²) in [5.41, 5.74) is 11.0. The minimum atomic E-state index is -4.67. The zero-order chi connectivity index (χ0) is 20.2. The molecule has 1 saturated heterocycles. The number of nitrogens with one attached hydrogen (secondary N) is 1. The fraction of sp³-hybridized carbons (Fsp3) is 0.500. The number of rotatable bonds is 9. The zero-order valence-electron chi connectivity index (χ0n) is 14.4. The Labute approximate surface area is 160 Å². The lowest BCUT2D eigenvalue weighted by Crippen LogP contribution is -2.71. The number of carbonyl (C=O) groups excluding carboxylic acids is 2. The van der Waals surface area contributed by atoms with Crippen molar-refractivity contribution in [3.8, 4) is 0 Å². The van der Waals surface area contributed by atoms with Crippen LogP contribution >= 0.6 is 11.3 Å². The first-order chi connectivity index (χ1) is 12.7. The first kappa shape index (κ1) is 21.2. The first-order valence-corrected chi connectivity index (χ1v) is 10.3. The van der Waals surface area contributed by atoms with E-state index >= 15 is 0 Å². The van der Waals surface area contributed by atoms with Crippen LogP contribution in [0.3, 0.4) is 0 Å². The maximum atomic E-state index is 12.5. The van der Waals surface area contributed by atoms with E-state index in [1.165, 1.54) is 18.3 Å². The van der Waals surface area contributed by atoms with Gasteiger partial charge in [0.25, 0.3) is 11.8 Å². The molecule has 1 aromatic rings. The van der Waals surface area contributed by atoms with Crippen LogP contribution in [0.4, 0.5) is 0 Å². The van der Waals surface area contributed by atoms with Crippen LogP contribution in [0.25, 0.3) is 0 Å². The van der Waals surface area contributed by atoms with Crippen LogP contribution in [-0.4, -0.2) is 66.1 Å². The summed E-state index contributed by atoms with van der Waals surface area (Å²) in [4.78, 5) is 30.1. The number of hydrogen-bond acceptors (Lipinski definition) is 9. The number of hydrogen-bond donors (Lipinski definition) is 4. The Morgan fingerprint density at radius 1 is 1.56 bits per heavy atom. The number of β-lactam (4-membered cyclic amide) rings is 1. The summed E-state index contributed by atoms with van der Waals surface area (Å²) in [6, 6.07) is 1.08. The second-order valence-electron chi connectivity index (χ2n) is 5.84. The van der Waals surface area contributed by atoms with Gasteiger partial charge in [-0.1, -0.05) is 11.2 Å². The molecule has 0 saturated carbocycles. The maximum Gasteiger partial charge on any atom is 0.362 e. The molecule has 0 bridgehead atoms. The molecule has 13 heteroatoms. The van der Waals surface area contributed by atoms with Crippen LogP contribution in [0.1, 0.15) is 18.2 Å². The van der Waals surface area contributed by atoms with Crippen molar-refractivity contribution in [1.82, 2.24) is 9.62 Å². The molecule has 2 amide bonds. The van der Waals surface area contributed by atoms with Crippen molar-refractivity contribution >= 4 is 39.2 Å². The molecular formula is C14H21N5O6S2. The van der Waals surface area contributed by atoms with E-state index in [-0.39, 0.29) is 24.9 Å². The predicted molar refractivity (Wildman–Crippen MR) is 98.2 cm³/mol. The topological polar surface area (TPSA) is 177 Å². The number of amides is 2. The maximum absolute atomic E-state index is 12.5. The molecule has 3 atom stereocenters. The fourth-order valence-corrected chi connectivity index (χ4v) is 3.94. The molecule has 0 aromatic carbocycles. The SMILES string of the molecule is C[C@H]1C(NC(=O)/C(=N/OCCC(N)CN)c2cccs2)C(=O)N1S(=O)(=O)O. The summed E-state index contributed by atoms with van der Waals surface area (Å²) in [6.45, 7) is 1.82. The highest BCUT2D eigenvalue weighted by atomic mass is 32.2. The van der Waals surface area contributed by atoms with Gasteiger partial charge in [0.2, 0.25) is 0 Å². The lowest BCUT2D eigenvalue weighted by molar-refractivity contribution is -0.143. The van der Waals surface area contributed by atoms with E-state index in [2.05, 4.69) is 10.5 Å². The quantitative estimate of drug-likeness (QED) is 0.125. The van der Waals surface area contributed by atoms with Crippen LogP contribution in [0.15, 0.2) is 22.7 Å². The Bertz CT molecular complexity index is 810. The van der Waals surface area contributed by atoms with E-state index in [0.29, 0.717) is 15.6 Å². The molecule has 0 aliphatic carbocycles. The van der Waals surface area contributed by atoms with Crippen LogP contribution < -0.4 is 16.8 Å². The molecule has 0 spiro atoms. The van der Waals surface area contributed by atoms with E-state index in [1.54, 1.807) is 17.5 Å². The monoisotopic (exact) mass is 419 g/mol. The Kier molecular flexibility index (Phi) is 6.89. The standard InChI is InChI=1S/C14H21N5O6S2/c1-8-11(14(21)19(8)27(22,23)24)17-13(20)12(10-3-2-6-26-10)18-25-5-4-9(16)7-15/h2-3,6,8-9,11H,4-5,7,15-16H2,1H3,(H,17,20)(H,22,23,24)/b18-12+/t8-,9?,11?/m0/s1. The lowest BCUT2D eigenvalue weighted by atomic mass is 10.0. The minimum absolute atomic E-state index is 0.0587. The Morgan fingerprint density at radius 2 is 2.26 bits per heavy atom. The molecule has 0 radical (unpaired) electrons. The average Bonchev–Trinajstić information content (AvgIpc) is 3.12. The van der Waals surface area contributed by atoms with Crippen LogP contribution in [0.2, 0.25) is 0 Å². The van der Waals surface area contributed by atoms with Gasteiger partial charge in [-0.2, -0.15) is 8.42 Å². The fourth-order valence-electron chi connectivity index (χ4n) is 2.36. The Morgan fingerprint density at radius 3 is 2.78 bits per heavy atom. The normalized spacial score (nSPS) is 21.6. The molecule has 2 heterocycles. The molecule has 1 aromatic heterocycles. The largest absolute Gasteiger partial charge is 0.395 e. The van der Waals surface area contributed by atoms with E-state index in [4.69, 9.17) is 20.9 Å². The number of nitrogens with zero attached hydrogens (tertiary/aromatic N) is 2. The van der Waals surface area contributed by atoms with Gasteiger partial charge in [-0.05, 0) is 18.4 Å². The van der Waals surface area contributed by atoms with Gasteiger partial charge in [-0.25, -0.2) is 4.31 Å². The predicted octanol–water partition coefficient (Wildman–Crippen LogP) is -1.34. The van der Waals surface area contributed by atoms with E-state index in [0.717, 1.165) is 0 Å². The van der Waals surface area contributed by atoms with Gasteiger partial charge in [0.1, 0.15) is 12.6 Å². The summed E-state index contributed by atoms with van der Waals surface area (Å²) in [5.74, 6) is -1.64. The van der Waals surface area contributed by atoms with E-state index < -0.39 is 34.2 Å². The van der Waals surface area contributed by atoms with Crippen molar-refractivity contribution in [2.45, 2.75) is 31.5 Å². The van der Waals surface area contributed by atoms with Crippen molar-refractivity contribution in [1.29, 1.82) is 0 Å². The highest BCUT2D eigenvalue weighted by Crippen LogP contribution is 2.23. The number of oxime groups is 1. The molecule has 1 aliphatic rings. The van der Waals surface area contributed by atoms with Gasteiger partial charge in [0.05, 0.1) is 10.9 Å². The Balaban J connectivity index is 2.06. The van der Waals surface area contributed by atoms with Crippen molar-refractivity contribution in [2.24, 2.45) is 16.6 Å². The molecule has 1 fully saturated rings. The van der Waals surface area contributed by atoms with Crippen LogP contribution in [-0.2, 0) is 24.7 Å². The van der Waals surface area contributed by atoms with E-state index in [1.807, 2.05) is 0 Å². The van der Waals surface area contributed by atoms with Gasteiger partial charge in [-0.15, -0.1) is 11.3 Å².